The standard InChI is InChI=1S/C14H14F2N2O2S/c1-7-4-5-8(15)11(10(7)16)18-13-17-9(6-21-13)14(2,3)12(19)20/h4-6H,1-3H3,(H,17,18)(H,19,20). The first kappa shape index (κ1) is 15.4. The lowest BCUT2D eigenvalue weighted by Gasteiger charge is -2.15. The van der Waals surface area contributed by atoms with E-state index in [0.29, 0.717) is 11.3 Å². The van der Waals surface area contributed by atoms with Gasteiger partial charge >= 0.3 is 5.97 Å². The van der Waals surface area contributed by atoms with Gasteiger partial charge in [0.2, 0.25) is 0 Å². The molecule has 0 amide bonds. The number of benzene rings is 1. The number of nitrogens with zero attached hydrogens (tertiary/aromatic N) is 1. The van der Waals surface area contributed by atoms with Crippen LogP contribution in [0.1, 0.15) is 25.1 Å². The van der Waals surface area contributed by atoms with Crippen LogP contribution in [0.15, 0.2) is 17.5 Å². The van der Waals surface area contributed by atoms with Crippen LogP contribution in [0.25, 0.3) is 0 Å². The van der Waals surface area contributed by atoms with E-state index in [4.69, 9.17) is 5.11 Å². The number of rotatable bonds is 4. The van der Waals surface area contributed by atoms with Gasteiger partial charge in [-0.15, -0.1) is 11.3 Å². The maximum absolute atomic E-state index is 13.9. The second-order valence-corrected chi connectivity index (χ2v) is 6.00. The van der Waals surface area contributed by atoms with Crippen LogP contribution in [0, 0.1) is 18.6 Å². The number of halogens is 2. The Morgan fingerprint density at radius 1 is 1.38 bits per heavy atom. The molecule has 0 aliphatic rings. The topological polar surface area (TPSA) is 62.2 Å². The minimum absolute atomic E-state index is 0.239. The van der Waals surface area contributed by atoms with Crippen molar-refractivity contribution in [3.8, 4) is 0 Å². The van der Waals surface area contributed by atoms with Crippen LogP contribution in [0.3, 0.4) is 0 Å². The Balaban J connectivity index is 2.33. The molecule has 1 heterocycles. The molecule has 0 bridgehead atoms. The fraction of sp³-hybridized carbons (Fsp3) is 0.286. The molecule has 0 aliphatic heterocycles. The lowest BCUT2D eigenvalue weighted by Crippen LogP contribution is -2.28. The van der Waals surface area contributed by atoms with Gasteiger partial charge in [-0.1, -0.05) is 6.07 Å². The summed E-state index contributed by atoms with van der Waals surface area (Å²) >= 11 is 1.09. The van der Waals surface area contributed by atoms with Gasteiger partial charge in [0, 0.05) is 5.38 Å². The van der Waals surface area contributed by atoms with E-state index in [1.165, 1.54) is 26.8 Å². The fourth-order valence-electron chi connectivity index (χ4n) is 1.61. The second-order valence-electron chi connectivity index (χ2n) is 5.15. The van der Waals surface area contributed by atoms with Crippen molar-refractivity contribution >= 4 is 28.1 Å². The number of aromatic nitrogens is 1. The minimum Gasteiger partial charge on any atom is -0.481 e. The molecule has 0 radical (unpaired) electrons. The van der Waals surface area contributed by atoms with Crippen molar-refractivity contribution < 1.29 is 18.7 Å². The highest BCUT2D eigenvalue weighted by Gasteiger charge is 2.32. The summed E-state index contributed by atoms with van der Waals surface area (Å²) in [5, 5.41) is 13.5. The highest BCUT2D eigenvalue weighted by Crippen LogP contribution is 2.31. The largest absolute Gasteiger partial charge is 0.481 e. The number of aryl methyl sites for hydroxylation is 1. The third kappa shape index (κ3) is 2.87. The molecule has 2 rings (SSSR count). The summed E-state index contributed by atoms with van der Waals surface area (Å²) in [6, 6.07) is 2.51. The van der Waals surface area contributed by atoms with Crippen molar-refractivity contribution in [1.82, 2.24) is 4.98 Å². The number of carboxylic acids is 1. The Bertz CT molecular complexity index is 698. The molecule has 7 heteroatoms. The molecule has 0 atom stereocenters. The third-order valence-electron chi connectivity index (χ3n) is 3.20. The molecule has 4 nitrogen and oxygen atoms in total. The van der Waals surface area contributed by atoms with Crippen molar-refractivity contribution in [1.29, 1.82) is 0 Å². The predicted octanol–water partition coefficient (Wildman–Crippen LogP) is 3.84. The smallest absolute Gasteiger partial charge is 0.315 e. The second kappa shape index (κ2) is 5.40. The van der Waals surface area contributed by atoms with E-state index < -0.39 is 23.0 Å². The number of thiazole rings is 1. The molecule has 0 fully saturated rings. The van der Waals surface area contributed by atoms with Crippen LogP contribution in [-0.2, 0) is 10.2 Å². The Labute approximate surface area is 124 Å². The Kier molecular flexibility index (Phi) is 3.95. The normalized spacial score (nSPS) is 11.5. The average Bonchev–Trinajstić information content (AvgIpc) is 2.88. The highest BCUT2D eigenvalue weighted by atomic mass is 32.1. The first-order chi connectivity index (χ1) is 9.73. The first-order valence-electron chi connectivity index (χ1n) is 6.14. The molecule has 112 valence electrons. The quantitative estimate of drug-likeness (QED) is 0.900. The van der Waals surface area contributed by atoms with E-state index in [9.17, 15) is 13.6 Å². The van der Waals surface area contributed by atoms with Gasteiger partial charge in [0.15, 0.2) is 10.9 Å². The zero-order valence-corrected chi connectivity index (χ0v) is 12.5. The van der Waals surface area contributed by atoms with E-state index in [1.807, 2.05) is 0 Å². The highest BCUT2D eigenvalue weighted by molar-refractivity contribution is 7.13. The van der Waals surface area contributed by atoms with E-state index in [2.05, 4.69) is 10.3 Å². The number of anilines is 2. The van der Waals surface area contributed by atoms with Gasteiger partial charge < -0.3 is 10.4 Å². The van der Waals surface area contributed by atoms with Crippen molar-refractivity contribution in [2.24, 2.45) is 0 Å². The summed E-state index contributed by atoms with van der Waals surface area (Å²) in [6.45, 7) is 4.56. The van der Waals surface area contributed by atoms with Crippen molar-refractivity contribution in [2.45, 2.75) is 26.2 Å². The number of carboxylic acid groups (broad SMARTS) is 1. The average molecular weight is 312 g/mol. The lowest BCUT2D eigenvalue weighted by molar-refractivity contribution is -0.142. The van der Waals surface area contributed by atoms with E-state index in [0.717, 1.165) is 17.4 Å². The number of hydrogen-bond donors (Lipinski definition) is 2. The monoisotopic (exact) mass is 312 g/mol. The number of aliphatic carboxylic acids is 1. The van der Waals surface area contributed by atoms with Crippen LogP contribution in [-0.4, -0.2) is 16.1 Å². The van der Waals surface area contributed by atoms with Crippen LogP contribution in [0.2, 0.25) is 0 Å². The van der Waals surface area contributed by atoms with Crippen LogP contribution >= 0.6 is 11.3 Å². The summed E-state index contributed by atoms with van der Waals surface area (Å²) < 4.78 is 27.6. The molecule has 0 saturated heterocycles. The molecule has 0 unspecified atom stereocenters. The number of carbonyl (C=O) groups is 1. The van der Waals surface area contributed by atoms with Gasteiger partial charge in [0.05, 0.1) is 5.69 Å². The van der Waals surface area contributed by atoms with Crippen LogP contribution in [0.4, 0.5) is 19.6 Å². The molecule has 0 aliphatic carbocycles. The third-order valence-corrected chi connectivity index (χ3v) is 3.95. The SMILES string of the molecule is Cc1ccc(F)c(Nc2nc(C(C)(C)C(=O)O)cs2)c1F. The summed E-state index contributed by atoms with van der Waals surface area (Å²) in [6.07, 6.45) is 0. The molecule has 21 heavy (non-hydrogen) atoms. The van der Waals surface area contributed by atoms with Gasteiger partial charge in [-0.25, -0.2) is 13.8 Å². The molecule has 2 N–H and O–H groups in total. The Morgan fingerprint density at radius 3 is 2.67 bits per heavy atom. The Morgan fingerprint density at radius 2 is 2.05 bits per heavy atom. The fourth-order valence-corrected chi connectivity index (χ4v) is 2.49. The number of nitrogens with one attached hydrogen (secondary N) is 1. The molecule has 1 aromatic carbocycles. The maximum atomic E-state index is 13.9. The van der Waals surface area contributed by atoms with E-state index in [1.54, 1.807) is 5.38 Å². The summed E-state index contributed by atoms with van der Waals surface area (Å²) in [4.78, 5) is 15.3. The van der Waals surface area contributed by atoms with E-state index in [-0.39, 0.29) is 10.8 Å². The van der Waals surface area contributed by atoms with Gasteiger partial charge in [-0.05, 0) is 32.4 Å². The van der Waals surface area contributed by atoms with Crippen molar-refractivity contribution in [3.63, 3.8) is 0 Å². The zero-order chi connectivity index (χ0) is 15.8. The molecular weight excluding hydrogens is 298 g/mol. The summed E-state index contributed by atoms with van der Waals surface area (Å²) in [5.74, 6) is -2.44. The predicted molar refractivity (Wildman–Crippen MR) is 77.2 cm³/mol. The van der Waals surface area contributed by atoms with Crippen molar-refractivity contribution in [3.05, 3.63) is 40.4 Å². The van der Waals surface area contributed by atoms with Crippen LogP contribution < -0.4 is 5.32 Å². The van der Waals surface area contributed by atoms with Gasteiger partial charge in [-0.3, -0.25) is 4.79 Å². The molecule has 0 spiro atoms. The van der Waals surface area contributed by atoms with Gasteiger partial charge in [0.1, 0.15) is 16.9 Å². The zero-order valence-electron chi connectivity index (χ0n) is 11.7. The van der Waals surface area contributed by atoms with Gasteiger partial charge in [0.25, 0.3) is 0 Å². The molecule has 2 aromatic rings. The maximum Gasteiger partial charge on any atom is 0.315 e. The van der Waals surface area contributed by atoms with Gasteiger partial charge in [-0.2, -0.15) is 0 Å². The summed E-state index contributed by atoms with van der Waals surface area (Å²) in [5.41, 5.74) is -0.818. The van der Waals surface area contributed by atoms with Crippen molar-refractivity contribution in [2.75, 3.05) is 5.32 Å². The molecule has 1 aromatic heterocycles. The van der Waals surface area contributed by atoms with Crippen LogP contribution in [0.5, 0.6) is 0 Å². The minimum atomic E-state index is -1.17. The molecular formula is C14H14F2N2O2S. The van der Waals surface area contributed by atoms with E-state index >= 15 is 0 Å². The Hall–Kier alpha value is -2.02. The lowest BCUT2D eigenvalue weighted by atomic mass is 9.90. The summed E-state index contributed by atoms with van der Waals surface area (Å²) in [7, 11) is 0. The first-order valence-corrected chi connectivity index (χ1v) is 7.02. The number of hydrogen-bond acceptors (Lipinski definition) is 4. The molecule has 0 saturated carbocycles.